The van der Waals surface area contributed by atoms with Crippen molar-refractivity contribution in [2.45, 2.75) is 6.04 Å². The summed E-state index contributed by atoms with van der Waals surface area (Å²) < 4.78 is 26.4. The number of anilines is 1. The molecule has 2 aromatic carbocycles. The van der Waals surface area contributed by atoms with Crippen molar-refractivity contribution in [1.29, 1.82) is 0 Å². The summed E-state index contributed by atoms with van der Waals surface area (Å²) in [5.41, 5.74) is 3.58. The Morgan fingerprint density at radius 2 is 1.78 bits per heavy atom. The average molecular weight is 324 g/mol. The molecule has 0 amide bonds. The van der Waals surface area contributed by atoms with Crippen LogP contribution in [0, 0.1) is 0 Å². The third kappa shape index (κ3) is 2.24. The van der Waals surface area contributed by atoms with Gasteiger partial charge in [-0.3, -0.25) is 4.31 Å². The molecule has 1 aromatic heterocycles. The van der Waals surface area contributed by atoms with Gasteiger partial charge in [0.2, 0.25) is 10.0 Å². The van der Waals surface area contributed by atoms with Crippen molar-refractivity contribution in [2.24, 2.45) is 0 Å². The minimum absolute atomic E-state index is 0.351. The van der Waals surface area contributed by atoms with Crippen LogP contribution in [0.2, 0.25) is 0 Å². The molecule has 0 bridgehead atoms. The Balaban J connectivity index is 1.95. The standard InChI is InChI=1S/C18H16N2O2S/c1-23(21,22)20-17-9-5-2-6-13(17)10-11-18(20)15-12-19-16-8-4-3-7-14(15)16/h2-12,18-19H,1H3/t18-/m0/s1. The second-order valence-corrected chi connectivity index (χ2v) is 7.57. The van der Waals surface area contributed by atoms with E-state index in [0.29, 0.717) is 5.69 Å². The fourth-order valence-corrected chi connectivity index (χ4v) is 4.33. The van der Waals surface area contributed by atoms with Crippen molar-refractivity contribution in [2.75, 3.05) is 10.6 Å². The molecular formula is C18H16N2O2S. The van der Waals surface area contributed by atoms with Gasteiger partial charge in [-0.15, -0.1) is 0 Å². The number of para-hydroxylation sites is 2. The summed E-state index contributed by atoms with van der Waals surface area (Å²) in [6.07, 6.45) is 7.08. The molecule has 23 heavy (non-hydrogen) atoms. The third-order valence-corrected chi connectivity index (χ3v) is 5.32. The van der Waals surface area contributed by atoms with E-state index >= 15 is 0 Å². The molecule has 0 aliphatic carbocycles. The van der Waals surface area contributed by atoms with Gasteiger partial charge in [0, 0.05) is 22.7 Å². The van der Waals surface area contributed by atoms with Crippen molar-refractivity contribution < 1.29 is 8.42 Å². The Morgan fingerprint density at radius 3 is 2.61 bits per heavy atom. The van der Waals surface area contributed by atoms with E-state index in [4.69, 9.17) is 0 Å². The fraction of sp³-hybridized carbons (Fsp3) is 0.111. The zero-order chi connectivity index (χ0) is 16.0. The van der Waals surface area contributed by atoms with Crippen LogP contribution in [0.3, 0.4) is 0 Å². The first-order valence-electron chi connectivity index (χ1n) is 7.38. The van der Waals surface area contributed by atoms with E-state index in [2.05, 4.69) is 4.98 Å². The number of fused-ring (bicyclic) bond motifs is 2. The predicted octanol–water partition coefficient (Wildman–Crippen LogP) is 3.70. The van der Waals surface area contributed by atoms with Crippen LogP contribution in [0.25, 0.3) is 17.0 Å². The first-order chi connectivity index (χ1) is 11.1. The highest BCUT2D eigenvalue weighted by Crippen LogP contribution is 2.40. The smallest absolute Gasteiger partial charge is 0.233 e. The van der Waals surface area contributed by atoms with Gasteiger partial charge in [0.25, 0.3) is 0 Å². The lowest BCUT2D eigenvalue weighted by molar-refractivity contribution is 0.592. The van der Waals surface area contributed by atoms with Gasteiger partial charge in [0.15, 0.2) is 0 Å². The molecule has 1 atom stereocenters. The first-order valence-corrected chi connectivity index (χ1v) is 9.23. The number of aromatic amines is 1. The average Bonchev–Trinajstić information content (AvgIpc) is 2.96. The normalized spacial score (nSPS) is 17.4. The number of aromatic nitrogens is 1. The molecule has 0 unspecified atom stereocenters. The zero-order valence-electron chi connectivity index (χ0n) is 12.6. The summed E-state index contributed by atoms with van der Waals surface area (Å²) in [6.45, 7) is 0. The van der Waals surface area contributed by atoms with E-state index in [1.54, 1.807) is 0 Å². The molecule has 4 nitrogen and oxygen atoms in total. The van der Waals surface area contributed by atoms with Gasteiger partial charge >= 0.3 is 0 Å². The number of rotatable bonds is 2. The van der Waals surface area contributed by atoms with Gasteiger partial charge in [-0.05, 0) is 17.7 Å². The SMILES string of the molecule is CS(=O)(=O)N1c2ccccc2C=C[C@H]1c1c[nH]c2ccccc12. The maximum absolute atomic E-state index is 12.5. The summed E-state index contributed by atoms with van der Waals surface area (Å²) >= 11 is 0. The second kappa shape index (κ2) is 4.99. The lowest BCUT2D eigenvalue weighted by Gasteiger charge is -2.33. The van der Waals surface area contributed by atoms with Gasteiger partial charge in [-0.25, -0.2) is 8.42 Å². The monoisotopic (exact) mass is 324 g/mol. The number of sulfonamides is 1. The molecule has 1 aliphatic heterocycles. The molecule has 0 radical (unpaired) electrons. The molecule has 116 valence electrons. The van der Waals surface area contributed by atoms with Crippen LogP contribution in [0.5, 0.6) is 0 Å². The molecule has 0 saturated heterocycles. The van der Waals surface area contributed by atoms with Crippen molar-refractivity contribution in [3.63, 3.8) is 0 Å². The Morgan fingerprint density at radius 1 is 1.04 bits per heavy atom. The Hall–Kier alpha value is -2.53. The maximum atomic E-state index is 12.5. The van der Waals surface area contributed by atoms with Gasteiger partial charge in [0.05, 0.1) is 18.0 Å². The molecule has 1 aliphatic rings. The third-order valence-electron chi connectivity index (χ3n) is 4.18. The summed E-state index contributed by atoms with van der Waals surface area (Å²) in [4.78, 5) is 3.23. The summed E-state index contributed by atoms with van der Waals surface area (Å²) in [6, 6.07) is 15.1. The first kappa shape index (κ1) is 14.1. The van der Waals surface area contributed by atoms with Crippen LogP contribution in [0.15, 0.2) is 60.8 Å². The summed E-state index contributed by atoms with van der Waals surface area (Å²) in [7, 11) is -3.41. The number of benzene rings is 2. The van der Waals surface area contributed by atoms with E-state index < -0.39 is 10.0 Å². The van der Waals surface area contributed by atoms with Crippen LogP contribution in [-0.2, 0) is 10.0 Å². The highest BCUT2D eigenvalue weighted by Gasteiger charge is 2.31. The summed E-state index contributed by atoms with van der Waals surface area (Å²) in [5.74, 6) is 0. The number of hydrogen-bond acceptors (Lipinski definition) is 2. The highest BCUT2D eigenvalue weighted by atomic mass is 32.2. The number of H-pyrrole nitrogens is 1. The van der Waals surface area contributed by atoms with Gasteiger partial charge in [-0.2, -0.15) is 0 Å². The van der Waals surface area contributed by atoms with E-state index in [9.17, 15) is 8.42 Å². The van der Waals surface area contributed by atoms with Crippen molar-refractivity contribution in [3.05, 3.63) is 71.9 Å². The van der Waals surface area contributed by atoms with Crippen molar-refractivity contribution >= 4 is 32.7 Å². The van der Waals surface area contributed by atoms with Crippen LogP contribution >= 0.6 is 0 Å². The van der Waals surface area contributed by atoms with Crippen molar-refractivity contribution in [1.82, 2.24) is 4.98 Å². The minimum atomic E-state index is -3.41. The Kier molecular flexibility index (Phi) is 3.06. The van der Waals surface area contributed by atoms with E-state index in [0.717, 1.165) is 22.0 Å². The van der Waals surface area contributed by atoms with E-state index in [-0.39, 0.29) is 6.04 Å². The van der Waals surface area contributed by atoms with Crippen LogP contribution in [0.1, 0.15) is 17.2 Å². The van der Waals surface area contributed by atoms with Gasteiger partial charge in [0.1, 0.15) is 0 Å². The minimum Gasteiger partial charge on any atom is -0.361 e. The molecule has 5 heteroatoms. The van der Waals surface area contributed by atoms with Gasteiger partial charge < -0.3 is 4.98 Å². The molecule has 4 rings (SSSR count). The quantitative estimate of drug-likeness (QED) is 0.781. The summed E-state index contributed by atoms with van der Waals surface area (Å²) in [5, 5.41) is 1.04. The molecule has 0 saturated carbocycles. The van der Waals surface area contributed by atoms with Crippen LogP contribution in [0.4, 0.5) is 5.69 Å². The fourth-order valence-electron chi connectivity index (χ4n) is 3.21. The molecule has 3 aromatic rings. The number of hydrogen-bond donors (Lipinski definition) is 1. The number of nitrogens with one attached hydrogen (secondary N) is 1. The van der Waals surface area contributed by atoms with E-state index in [1.807, 2.05) is 66.9 Å². The highest BCUT2D eigenvalue weighted by molar-refractivity contribution is 7.92. The largest absolute Gasteiger partial charge is 0.361 e. The zero-order valence-corrected chi connectivity index (χ0v) is 13.4. The van der Waals surface area contributed by atoms with Crippen LogP contribution < -0.4 is 4.31 Å². The lowest BCUT2D eigenvalue weighted by atomic mass is 9.99. The molecule has 0 spiro atoms. The molecule has 0 fully saturated rings. The lowest BCUT2D eigenvalue weighted by Crippen LogP contribution is -2.35. The predicted molar refractivity (Wildman–Crippen MR) is 93.8 cm³/mol. The Labute approximate surface area is 135 Å². The second-order valence-electron chi connectivity index (χ2n) is 5.71. The van der Waals surface area contributed by atoms with Crippen molar-refractivity contribution in [3.8, 4) is 0 Å². The van der Waals surface area contributed by atoms with Crippen LogP contribution in [-0.4, -0.2) is 19.7 Å². The van der Waals surface area contributed by atoms with E-state index in [1.165, 1.54) is 10.6 Å². The molecule has 2 heterocycles. The maximum Gasteiger partial charge on any atom is 0.233 e. The Bertz CT molecular complexity index is 1020. The molecule has 1 N–H and O–H groups in total. The van der Waals surface area contributed by atoms with Gasteiger partial charge in [-0.1, -0.05) is 48.6 Å². The molecular weight excluding hydrogens is 308 g/mol. The topological polar surface area (TPSA) is 53.2 Å². The number of nitrogens with zero attached hydrogens (tertiary/aromatic N) is 1.